The number of aryl methyl sites for hydroxylation is 1. The maximum Gasteiger partial charge on any atom is 0.188 e. The Bertz CT molecular complexity index is 473. The summed E-state index contributed by atoms with van der Waals surface area (Å²) < 4.78 is 21.2. The van der Waals surface area contributed by atoms with E-state index in [0.29, 0.717) is 4.90 Å². The molecule has 1 N–H and O–H groups in total. The van der Waals surface area contributed by atoms with Crippen LogP contribution >= 0.6 is 11.3 Å². The molecule has 1 aromatic carbocycles. The molecule has 0 saturated carbocycles. The van der Waals surface area contributed by atoms with Crippen LogP contribution in [0.1, 0.15) is 4.88 Å². The molecule has 0 aliphatic rings. The van der Waals surface area contributed by atoms with Crippen LogP contribution in [-0.2, 0) is 11.1 Å². The molecule has 1 unspecified atom stereocenters. The van der Waals surface area contributed by atoms with E-state index in [2.05, 4.69) is 0 Å². The van der Waals surface area contributed by atoms with E-state index in [1.807, 2.05) is 31.2 Å². The molecule has 0 fully saturated rings. The predicted molar refractivity (Wildman–Crippen MR) is 55.6 cm³/mol. The molecule has 2 aromatic rings. The van der Waals surface area contributed by atoms with Gasteiger partial charge in [0.25, 0.3) is 0 Å². The Hall–Kier alpha value is -0.710. The monoisotopic (exact) mass is 212 g/mol. The van der Waals surface area contributed by atoms with Gasteiger partial charge in [-0.1, -0.05) is 18.2 Å². The molecular formula is C9H8O2S2. The maximum atomic E-state index is 11.0. The molecule has 0 radical (unpaired) electrons. The summed E-state index contributed by atoms with van der Waals surface area (Å²) in [6, 6.07) is 7.65. The summed E-state index contributed by atoms with van der Waals surface area (Å²) >= 11 is -0.320. The highest BCUT2D eigenvalue weighted by Crippen LogP contribution is 2.32. The predicted octanol–water partition coefficient (Wildman–Crippen LogP) is 2.79. The topological polar surface area (TPSA) is 37.3 Å². The van der Waals surface area contributed by atoms with E-state index >= 15 is 0 Å². The number of rotatable bonds is 1. The second kappa shape index (κ2) is 3.21. The third-order valence-corrected chi connectivity index (χ3v) is 3.98. The lowest BCUT2D eigenvalue weighted by Gasteiger charge is -1.92. The summed E-state index contributed by atoms with van der Waals surface area (Å²) in [6.07, 6.45) is 0. The van der Waals surface area contributed by atoms with Gasteiger partial charge in [0.05, 0.1) is 4.90 Å². The zero-order valence-electron chi connectivity index (χ0n) is 6.98. The van der Waals surface area contributed by atoms with Crippen LogP contribution in [0.4, 0.5) is 0 Å². The first-order chi connectivity index (χ1) is 6.20. The molecule has 0 aliphatic heterocycles. The maximum absolute atomic E-state index is 11.0. The smallest absolute Gasteiger partial charge is 0.188 e. The fourth-order valence-corrected chi connectivity index (χ4v) is 3.34. The van der Waals surface area contributed by atoms with Crippen molar-refractivity contribution in [3.05, 3.63) is 29.1 Å². The average molecular weight is 212 g/mol. The Morgan fingerprint density at radius 1 is 1.38 bits per heavy atom. The van der Waals surface area contributed by atoms with Crippen LogP contribution < -0.4 is 0 Å². The molecule has 0 aliphatic carbocycles. The van der Waals surface area contributed by atoms with E-state index in [4.69, 9.17) is 4.55 Å². The van der Waals surface area contributed by atoms with Gasteiger partial charge in [-0.05, 0) is 13.0 Å². The summed E-state index contributed by atoms with van der Waals surface area (Å²) in [5, 5.41) is 0.894. The van der Waals surface area contributed by atoms with Crippen molar-refractivity contribution >= 4 is 32.5 Å². The highest BCUT2D eigenvalue weighted by atomic mass is 32.2. The number of fused-ring (bicyclic) bond motifs is 1. The van der Waals surface area contributed by atoms with Gasteiger partial charge >= 0.3 is 0 Å². The van der Waals surface area contributed by atoms with Crippen LogP contribution in [0.15, 0.2) is 29.2 Å². The molecule has 2 nitrogen and oxygen atoms in total. The SMILES string of the molecule is Cc1sc2ccccc2c1S(=O)O. The Morgan fingerprint density at radius 2 is 2.08 bits per heavy atom. The van der Waals surface area contributed by atoms with Gasteiger partial charge in [0.1, 0.15) is 0 Å². The number of benzene rings is 1. The Labute approximate surface area is 82.5 Å². The summed E-state index contributed by atoms with van der Waals surface area (Å²) in [4.78, 5) is 1.47. The van der Waals surface area contributed by atoms with Crippen molar-refractivity contribution in [3.8, 4) is 0 Å². The van der Waals surface area contributed by atoms with E-state index in [1.54, 1.807) is 11.3 Å². The molecule has 0 saturated heterocycles. The van der Waals surface area contributed by atoms with Crippen molar-refractivity contribution < 1.29 is 8.76 Å². The van der Waals surface area contributed by atoms with Crippen molar-refractivity contribution in [2.24, 2.45) is 0 Å². The number of hydrogen-bond acceptors (Lipinski definition) is 2. The zero-order chi connectivity index (χ0) is 9.42. The molecule has 0 amide bonds. The van der Waals surface area contributed by atoms with Crippen molar-refractivity contribution in [1.29, 1.82) is 0 Å². The Morgan fingerprint density at radius 3 is 2.77 bits per heavy atom. The summed E-state index contributed by atoms with van der Waals surface area (Å²) in [6.45, 7) is 1.87. The van der Waals surface area contributed by atoms with Crippen LogP contribution in [0.3, 0.4) is 0 Å². The van der Waals surface area contributed by atoms with Crippen molar-refractivity contribution in [3.63, 3.8) is 0 Å². The van der Waals surface area contributed by atoms with E-state index < -0.39 is 11.1 Å². The van der Waals surface area contributed by atoms with Crippen molar-refractivity contribution in [2.45, 2.75) is 11.8 Å². The van der Waals surface area contributed by atoms with Crippen LogP contribution in [0.25, 0.3) is 10.1 Å². The van der Waals surface area contributed by atoms with Crippen molar-refractivity contribution in [1.82, 2.24) is 0 Å². The van der Waals surface area contributed by atoms with Gasteiger partial charge in [-0.15, -0.1) is 11.3 Å². The Balaban J connectivity index is 2.86. The van der Waals surface area contributed by atoms with Gasteiger partial charge in [-0.2, -0.15) is 0 Å². The van der Waals surface area contributed by atoms with E-state index in [1.165, 1.54) is 0 Å². The van der Waals surface area contributed by atoms with Gasteiger partial charge in [0, 0.05) is 15.0 Å². The van der Waals surface area contributed by atoms with Crippen LogP contribution in [0, 0.1) is 6.92 Å². The fraction of sp³-hybridized carbons (Fsp3) is 0.111. The normalized spacial score (nSPS) is 13.4. The lowest BCUT2D eigenvalue weighted by atomic mass is 10.2. The Kier molecular flexibility index (Phi) is 2.19. The minimum atomic E-state index is -1.87. The molecule has 0 spiro atoms. The van der Waals surface area contributed by atoms with Gasteiger partial charge in [0.2, 0.25) is 0 Å². The first-order valence-corrected chi connectivity index (χ1v) is 5.71. The molecule has 2 rings (SSSR count). The third kappa shape index (κ3) is 1.41. The largest absolute Gasteiger partial charge is 0.302 e. The second-order valence-corrected chi connectivity index (χ2v) is 4.90. The fourth-order valence-electron chi connectivity index (χ4n) is 1.36. The summed E-state index contributed by atoms with van der Waals surface area (Å²) in [7, 11) is 0. The van der Waals surface area contributed by atoms with Gasteiger partial charge in [0.15, 0.2) is 11.1 Å². The van der Waals surface area contributed by atoms with Gasteiger partial charge in [-0.25, -0.2) is 4.21 Å². The molecule has 0 bridgehead atoms. The minimum Gasteiger partial charge on any atom is -0.302 e. The van der Waals surface area contributed by atoms with E-state index in [0.717, 1.165) is 15.0 Å². The molecule has 1 aromatic heterocycles. The minimum absolute atomic E-state index is 0.556. The van der Waals surface area contributed by atoms with Gasteiger partial charge in [-0.3, -0.25) is 0 Å². The standard InChI is InChI=1S/C9H8O2S2/c1-6-9(13(10)11)7-4-2-3-5-8(7)12-6/h2-5H,1H3,(H,10,11). The van der Waals surface area contributed by atoms with Gasteiger partial charge < -0.3 is 4.55 Å². The molecular weight excluding hydrogens is 204 g/mol. The molecule has 1 atom stereocenters. The van der Waals surface area contributed by atoms with Crippen LogP contribution in [0.5, 0.6) is 0 Å². The average Bonchev–Trinajstić information content (AvgIpc) is 2.39. The summed E-state index contributed by atoms with van der Waals surface area (Å²) in [5.74, 6) is 0. The second-order valence-electron chi connectivity index (χ2n) is 2.73. The van der Waals surface area contributed by atoms with Crippen molar-refractivity contribution in [2.75, 3.05) is 0 Å². The lowest BCUT2D eigenvalue weighted by Crippen LogP contribution is -1.87. The third-order valence-electron chi connectivity index (χ3n) is 1.89. The zero-order valence-corrected chi connectivity index (χ0v) is 8.61. The number of thiophene rings is 1. The highest BCUT2D eigenvalue weighted by molar-refractivity contribution is 7.79. The van der Waals surface area contributed by atoms with Crippen LogP contribution in [-0.4, -0.2) is 8.76 Å². The summed E-state index contributed by atoms with van der Waals surface area (Å²) in [5.41, 5.74) is 0. The first-order valence-electron chi connectivity index (χ1n) is 3.79. The molecule has 4 heteroatoms. The van der Waals surface area contributed by atoms with E-state index in [9.17, 15) is 4.21 Å². The first kappa shape index (κ1) is 8.87. The number of hydrogen-bond donors (Lipinski definition) is 1. The van der Waals surface area contributed by atoms with E-state index in [-0.39, 0.29) is 0 Å². The highest BCUT2D eigenvalue weighted by Gasteiger charge is 2.12. The quantitative estimate of drug-likeness (QED) is 0.738. The molecule has 1 heterocycles. The molecule has 68 valence electrons. The van der Waals surface area contributed by atoms with Crippen LogP contribution in [0.2, 0.25) is 0 Å². The lowest BCUT2D eigenvalue weighted by molar-refractivity contribution is 0.565. The molecule has 13 heavy (non-hydrogen) atoms.